The number of hydrogen-bond acceptors (Lipinski definition) is 5. The van der Waals surface area contributed by atoms with Crippen molar-refractivity contribution in [1.82, 2.24) is 4.90 Å². The summed E-state index contributed by atoms with van der Waals surface area (Å²) in [7, 11) is 0. The molecule has 35 heavy (non-hydrogen) atoms. The van der Waals surface area contributed by atoms with Gasteiger partial charge in [0, 0.05) is 39.2 Å². The Bertz CT molecular complexity index is 1150. The summed E-state index contributed by atoms with van der Waals surface area (Å²) >= 11 is 1.69. The molecule has 1 saturated carbocycles. The maximum Gasteiger partial charge on any atom is 0.194 e. The predicted octanol–water partition coefficient (Wildman–Crippen LogP) is 7.39. The summed E-state index contributed by atoms with van der Waals surface area (Å²) in [5.41, 5.74) is 1.53. The third kappa shape index (κ3) is 5.73. The van der Waals surface area contributed by atoms with Gasteiger partial charge in [-0.15, -0.1) is 11.3 Å². The van der Waals surface area contributed by atoms with Crippen molar-refractivity contribution in [2.45, 2.75) is 64.2 Å². The van der Waals surface area contributed by atoms with Gasteiger partial charge in [-0.1, -0.05) is 26.2 Å². The molecule has 0 radical (unpaired) electrons. The Morgan fingerprint density at radius 3 is 2.63 bits per heavy atom. The number of rotatable bonds is 8. The molecular weight excluding hydrogens is 454 g/mol. The van der Waals surface area contributed by atoms with E-state index in [-0.39, 0.29) is 11.5 Å². The fourth-order valence-electron chi connectivity index (χ4n) is 5.81. The zero-order valence-corrected chi connectivity index (χ0v) is 21.6. The summed E-state index contributed by atoms with van der Waals surface area (Å²) in [6.45, 7) is 6.54. The largest absolute Gasteiger partial charge is 0.508 e. The molecule has 0 amide bonds. The smallest absolute Gasteiger partial charge is 0.194 e. The van der Waals surface area contributed by atoms with Gasteiger partial charge < -0.3 is 14.7 Å². The van der Waals surface area contributed by atoms with Gasteiger partial charge in [-0.3, -0.25) is 4.79 Å². The summed E-state index contributed by atoms with van der Waals surface area (Å²) in [4.78, 5) is 17.5. The van der Waals surface area contributed by atoms with Crippen molar-refractivity contribution < 1.29 is 14.6 Å². The van der Waals surface area contributed by atoms with Gasteiger partial charge in [0.1, 0.15) is 11.5 Å². The number of carbonyl (C=O) groups excluding carboxylic acids is 1. The van der Waals surface area contributed by atoms with Crippen LogP contribution in [0.25, 0.3) is 10.1 Å². The van der Waals surface area contributed by atoms with Crippen LogP contribution < -0.4 is 4.74 Å². The van der Waals surface area contributed by atoms with Gasteiger partial charge in [0.05, 0.1) is 6.61 Å². The van der Waals surface area contributed by atoms with Crippen LogP contribution in [0.4, 0.5) is 0 Å². The molecule has 2 fully saturated rings. The van der Waals surface area contributed by atoms with Crippen molar-refractivity contribution in [3.05, 3.63) is 58.5 Å². The van der Waals surface area contributed by atoms with Gasteiger partial charge in [0.25, 0.3) is 0 Å². The minimum atomic E-state index is 0.0771. The van der Waals surface area contributed by atoms with E-state index in [1.807, 2.05) is 30.3 Å². The molecule has 3 aromatic rings. The summed E-state index contributed by atoms with van der Waals surface area (Å²) in [5, 5.41) is 11.0. The van der Waals surface area contributed by atoms with Crippen LogP contribution in [0.3, 0.4) is 0 Å². The van der Waals surface area contributed by atoms with E-state index < -0.39 is 0 Å². The Balaban J connectivity index is 1.27. The van der Waals surface area contributed by atoms with Gasteiger partial charge in [-0.2, -0.15) is 0 Å². The third-order valence-electron chi connectivity index (χ3n) is 7.65. The average molecular weight is 492 g/mol. The molecular formula is C30H37NO3S. The molecule has 1 aliphatic carbocycles. The summed E-state index contributed by atoms with van der Waals surface area (Å²) in [6, 6.07) is 13.1. The fourth-order valence-corrected chi connectivity index (χ4v) is 7.21. The second-order valence-electron chi connectivity index (χ2n) is 10.5. The maximum absolute atomic E-state index is 13.7. The molecule has 0 spiro atoms. The lowest BCUT2D eigenvalue weighted by Gasteiger charge is -2.30. The molecule has 1 N–H and O–H groups in total. The summed E-state index contributed by atoms with van der Waals surface area (Å²) in [6.07, 6.45) is 9.69. The lowest BCUT2D eigenvalue weighted by molar-refractivity contribution is 0.103. The lowest BCUT2D eigenvalue weighted by atomic mass is 9.85. The van der Waals surface area contributed by atoms with Crippen molar-refractivity contribution in [3.8, 4) is 11.5 Å². The molecule has 1 atom stereocenters. The Morgan fingerprint density at radius 1 is 1.06 bits per heavy atom. The van der Waals surface area contributed by atoms with Gasteiger partial charge in [0.2, 0.25) is 0 Å². The minimum Gasteiger partial charge on any atom is -0.508 e. The minimum absolute atomic E-state index is 0.0771. The number of thiophene rings is 1. The van der Waals surface area contributed by atoms with E-state index in [0.29, 0.717) is 18.1 Å². The van der Waals surface area contributed by atoms with E-state index in [0.717, 1.165) is 53.1 Å². The fraction of sp³-hybridized carbons (Fsp3) is 0.500. The van der Waals surface area contributed by atoms with Gasteiger partial charge in [0.15, 0.2) is 5.78 Å². The SMILES string of the molecule is CC1CCCN(CCCOc2ccc(C(=O)c3c(C4CCCCC4)sc4cc(O)ccc34)cc2)C1. The molecule has 1 aliphatic heterocycles. The molecule has 1 aromatic heterocycles. The number of likely N-dealkylation sites (tertiary alicyclic amines) is 1. The number of benzene rings is 2. The van der Waals surface area contributed by atoms with E-state index in [1.165, 1.54) is 50.1 Å². The molecule has 5 heteroatoms. The molecule has 4 nitrogen and oxygen atoms in total. The first-order valence-corrected chi connectivity index (χ1v) is 14.2. The van der Waals surface area contributed by atoms with Crippen LogP contribution in [0.5, 0.6) is 11.5 Å². The molecule has 1 unspecified atom stereocenters. The Hall–Kier alpha value is -2.37. The first kappa shape index (κ1) is 24.3. The van der Waals surface area contributed by atoms with E-state index in [4.69, 9.17) is 4.74 Å². The molecule has 2 aliphatic rings. The number of hydrogen-bond donors (Lipinski definition) is 1. The zero-order valence-electron chi connectivity index (χ0n) is 20.8. The van der Waals surface area contributed by atoms with Crippen LogP contribution in [0.15, 0.2) is 42.5 Å². The van der Waals surface area contributed by atoms with Crippen molar-refractivity contribution in [2.24, 2.45) is 5.92 Å². The number of ketones is 1. The Labute approximate surface area is 212 Å². The number of aromatic hydroxyl groups is 1. The van der Waals surface area contributed by atoms with Crippen LogP contribution in [0.2, 0.25) is 0 Å². The van der Waals surface area contributed by atoms with Crippen LogP contribution >= 0.6 is 11.3 Å². The normalized spacial score (nSPS) is 19.7. The van der Waals surface area contributed by atoms with E-state index in [1.54, 1.807) is 23.5 Å². The average Bonchev–Trinajstić information content (AvgIpc) is 3.26. The first-order chi connectivity index (χ1) is 17.1. The van der Waals surface area contributed by atoms with Gasteiger partial charge in [-0.05, 0) is 92.9 Å². The quantitative estimate of drug-likeness (QED) is 0.264. The van der Waals surface area contributed by atoms with E-state index in [2.05, 4.69) is 11.8 Å². The van der Waals surface area contributed by atoms with Crippen LogP contribution in [0.1, 0.15) is 85.0 Å². The number of piperidine rings is 1. The monoisotopic (exact) mass is 491 g/mol. The molecule has 5 rings (SSSR count). The lowest BCUT2D eigenvalue weighted by Crippen LogP contribution is -2.35. The predicted molar refractivity (Wildman–Crippen MR) is 144 cm³/mol. The second kappa shape index (κ2) is 11.1. The van der Waals surface area contributed by atoms with Crippen molar-refractivity contribution in [2.75, 3.05) is 26.2 Å². The zero-order chi connectivity index (χ0) is 24.2. The van der Waals surface area contributed by atoms with Crippen molar-refractivity contribution in [3.63, 3.8) is 0 Å². The molecule has 0 bridgehead atoms. The van der Waals surface area contributed by atoms with Crippen molar-refractivity contribution in [1.29, 1.82) is 0 Å². The maximum atomic E-state index is 13.7. The first-order valence-electron chi connectivity index (χ1n) is 13.3. The highest BCUT2D eigenvalue weighted by molar-refractivity contribution is 7.19. The standard InChI is InChI=1S/C30H37NO3S/c1-21-7-5-16-31(20-21)17-6-18-34-25-13-10-22(11-14-25)29(33)28-26-15-12-24(32)19-27(26)35-30(28)23-8-3-2-4-9-23/h10-15,19,21,23,32H,2-9,16-18,20H2,1H3. The highest BCUT2D eigenvalue weighted by atomic mass is 32.1. The van der Waals surface area contributed by atoms with E-state index >= 15 is 0 Å². The van der Waals surface area contributed by atoms with Crippen molar-refractivity contribution >= 4 is 27.2 Å². The number of ether oxygens (including phenoxy) is 1. The highest BCUT2D eigenvalue weighted by Gasteiger charge is 2.27. The second-order valence-corrected chi connectivity index (χ2v) is 11.5. The number of fused-ring (bicyclic) bond motifs is 1. The Kier molecular flexibility index (Phi) is 7.74. The summed E-state index contributed by atoms with van der Waals surface area (Å²) < 4.78 is 6.99. The molecule has 1 saturated heterocycles. The Morgan fingerprint density at radius 2 is 1.86 bits per heavy atom. The van der Waals surface area contributed by atoms with Gasteiger partial charge in [-0.25, -0.2) is 0 Å². The third-order valence-corrected chi connectivity index (χ3v) is 8.96. The summed E-state index contributed by atoms with van der Waals surface area (Å²) in [5.74, 6) is 2.39. The number of phenolic OH excluding ortho intramolecular Hbond substituents is 1. The van der Waals surface area contributed by atoms with Crippen LogP contribution in [-0.2, 0) is 0 Å². The van der Waals surface area contributed by atoms with Crippen LogP contribution in [0, 0.1) is 5.92 Å². The topological polar surface area (TPSA) is 49.8 Å². The molecule has 2 heterocycles. The number of phenols is 1. The number of nitrogens with zero attached hydrogens (tertiary/aromatic N) is 1. The number of carbonyl (C=O) groups is 1. The van der Waals surface area contributed by atoms with Crippen LogP contribution in [-0.4, -0.2) is 42.0 Å². The highest BCUT2D eigenvalue weighted by Crippen LogP contribution is 2.44. The molecule has 186 valence electrons. The van der Waals surface area contributed by atoms with E-state index in [9.17, 15) is 9.90 Å². The molecule has 2 aromatic carbocycles. The van der Waals surface area contributed by atoms with Gasteiger partial charge >= 0.3 is 0 Å².